The smallest absolute Gasteiger partial charge is 0.392 e. The summed E-state index contributed by atoms with van der Waals surface area (Å²) in [4.78, 5) is 11.7. The van der Waals surface area contributed by atoms with Gasteiger partial charge >= 0.3 is 12.4 Å². The second kappa shape index (κ2) is 10.9. The zero-order valence-electron chi connectivity index (χ0n) is 18.6. The lowest BCUT2D eigenvalue weighted by Crippen LogP contribution is -2.22. The second-order valence-corrected chi connectivity index (χ2v) is 8.97. The summed E-state index contributed by atoms with van der Waals surface area (Å²) in [5, 5.41) is 9.83. The van der Waals surface area contributed by atoms with E-state index in [1.807, 2.05) is 0 Å². The summed E-state index contributed by atoms with van der Waals surface area (Å²) in [6, 6.07) is 10.5. The Morgan fingerprint density at radius 1 is 0.706 bits per heavy atom. The molecule has 8 heteroatoms. The third-order valence-electron chi connectivity index (χ3n) is 6.54. The molecule has 2 aliphatic rings. The SMILES string of the molecule is O=C1CCCCC1c1cccc(C(F)(F)F)c1.OC1CCCCC1c1cccc(C(F)(F)F)c1. The van der Waals surface area contributed by atoms with Gasteiger partial charge in [0.05, 0.1) is 17.2 Å². The molecule has 2 aromatic carbocycles. The molecule has 4 rings (SSSR count). The Balaban J connectivity index is 0.000000191. The maximum Gasteiger partial charge on any atom is 0.416 e. The molecule has 0 amide bonds. The van der Waals surface area contributed by atoms with Crippen LogP contribution in [0.3, 0.4) is 0 Å². The first-order valence-electron chi connectivity index (χ1n) is 11.5. The Morgan fingerprint density at radius 2 is 1.24 bits per heavy atom. The highest BCUT2D eigenvalue weighted by Gasteiger charge is 2.33. The third-order valence-corrected chi connectivity index (χ3v) is 6.54. The maximum absolute atomic E-state index is 12.6. The molecule has 3 unspecified atom stereocenters. The van der Waals surface area contributed by atoms with E-state index in [1.165, 1.54) is 18.2 Å². The molecule has 2 aliphatic carbocycles. The summed E-state index contributed by atoms with van der Waals surface area (Å²) in [6.07, 6.45) is -2.86. The van der Waals surface area contributed by atoms with Crippen molar-refractivity contribution in [3.8, 4) is 0 Å². The van der Waals surface area contributed by atoms with Crippen LogP contribution in [0.15, 0.2) is 48.5 Å². The van der Waals surface area contributed by atoms with Crippen molar-refractivity contribution in [1.82, 2.24) is 0 Å². The molecule has 0 radical (unpaired) electrons. The van der Waals surface area contributed by atoms with Crippen LogP contribution in [0.25, 0.3) is 0 Å². The van der Waals surface area contributed by atoms with E-state index in [9.17, 15) is 36.2 Å². The molecule has 1 N–H and O–H groups in total. The van der Waals surface area contributed by atoms with Crippen molar-refractivity contribution in [2.24, 2.45) is 0 Å². The number of aliphatic hydroxyl groups excluding tert-OH is 1. The lowest BCUT2D eigenvalue weighted by Gasteiger charge is -2.28. The molecule has 3 atom stereocenters. The van der Waals surface area contributed by atoms with E-state index >= 15 is 0 Å². The van der Waals surface area contributed by atoms with E-state index in [0.29, 0.717) is 30.4 Å². The third kappa shape index (κ3) is 6.84. The Hall–Kier alpha value is -2.35. The topological polar surface area (TPSA) is 37.3 Å². The zero-order valence-corrected chi connectivity index (χ0v) is 18.6. The number of Topliss-reactive ketones (excluding diaryl/α,β-unsaturated/α-hetero) is 1. The van der Waals surface area contributed by atoms with Crippen molar-refractivity contribution in [3.05, 3.63) is 70.8 Å². The van der Waals surface area contributed by atoms with Crippen molar-refractivity contribution < 1.29 is 36.2 Å². The summed E-state index contributed by atoms with van der Waals surface area (Å²) in [5.41, 5.74) is -0.197. The molecule has 34 heavy (non-hydrogen) atoms. The van der Waals surface area contributed by atoms with Gasteiger partial charge in [-0.15, -0.1) is 0 Å². The van der Waals surface area contributed by atoms with Crippen molar-refractivity contribution in [1.29, 1.82) is 0 Å². The van der Waals surface area contributed by atoms with Gasteiger partial charge in [0.2, 0.25) is 0 Å². The average Bonchev–Trinajstić information content (AvgIpc) is 2.79. The van der Waals surface area contributed by atoms with Crippen molar-refractivity contribution in [2.75, 3.05) is 0 Å². The molecule has 0 heterocycles. The van der Waals surface area contributed by atoms with E-state index in [-0.39, 0.29) is 17.6 Å². The fraction of sp³-hybridized carbons (Fsp3) is 0.500. The van der Waals surface area contributed by atoms with E-state index < -0.39 is 29.6 Å². The molecule has 186 valence electrons. The largest absolute Gasteiger partial charge is 0.416 e. The van der Waals surface area contributed by atoms with Crippen molar-refractivity contribution in [3.63, 3.8) is 0 Å². The summed E-state index contributed by atoms with van der Waals surface area (Å²) in [7, 11) is 0. The van der Waals surface area contributed by atoms with Crippen LogP contribution >= 0.6 is 0 Å². The number of hydrogen-bond donors (Lipinski definition) is 1. The molecule has 2 aromatic rings. The van der Waals surface area contributed by atoms with Gasteiger partial charge in [0.25, 0.3) is 0 Å². The van der Waals surface area contributed by atoms with Crippen LogP contribution in [-0.2, 0) is 17.1 Å². The second-order valence-electron chi connectivity index (χ2n) is 8.97. The number of carbonyl (C=O) groups is 1. The minimum absolute atomic E-state index is 0.0653. The number of ketones is 1. The quantitative estimate of drug-likeness (QED) is 0.443. The van der Waals surface area contributed by atoms with Gasteiger partial charge in [-0.2, -0.15) is 26.3 Å². The zero-order chi connectivity index (χ0) is 24.9. The standard InChI is InChI=1S/C13H15F3O.C13H13F3O/c2*14-13(15,16)10-5-3-4-9(8-10)11-6-1-2-7-12(11)17/h3-5,8,11-12,17H,1-2,6-7H2;3-5,8,11H,1-2,6-7H2. The fourth-order valence-electron chi connectivity index (χ4n) is 4.71. The fourth-order valence-corrected chi connectivity index (χ4v) is 4.71. The lowest BCUT2D eigenvalue weighted by molar-refractivity contribution is -0.138. The first-order valence-corrected chi connectivity index (χ1v) is 11.5. The number of carbonyl (C=O) groups excluding carboxylic acids is 1. The van der Waals surface area contributed by atoms with Gasteiger partial charge in [0.1, 0.15) is 5.78 Å². The molecule has 0 aliphatic heterocycles. The van der Waals surface area contributed by atoms with E-state index in [0.717, 1.165) is 50.3 Å². The number of hydrogen-bond acceptors (Lipinski definition) is 2. The molecule has 2 nitrogen and oxygen atoms in total. The summed E-state index contributed by atoms with van der Waals surface area (Å²) >= 11 is 0. The van der Waals surface area contributed by atoms with Crippen molar-refractivity contribution >= 4 is 5.78 Å². The molecule has 0 saturated heterocycles. The monoisotopic (exact) mass is 486 g/mol. The van der Waals surface area contributed by atoms with Gasteiger partial charge in [-0.3, -0.25) is 4.79 Å². The van der Waals surface area contributed by atoms with Crippen LogP contribution in [0, 0.1) is 0 Å². The van der Waals surface area contributed by atoms with E-state index in [2.05, 4.69) is 0 Å². The summed E-state index contributed by atoms with van der Waals surface area (Å²) < 4.78 is 75.4. The highest BCUT2D eigenvalue weighted by Crippen LogP contribution is 2.37. The maximum atomic E-state index is 12.6. The van der Waals surface area contributed by atoms with Crippen LogP contribution in [0.4, 0.5) is 26.3 Å². The highest BCUT2D eigenvalue weighted by atomic mass is 19.4. The molecular formula is C26H28F6O2. The minimum Gasteiger partial charge on any atom is -0.392 e. The first-order chi connectivity index (χ1) is 16.0. The molecular weight excluding hydrogens is 458 g/mol. The Labute approximate surface area is 195 Å². The van der Waals surface area contributed by atoms with E-state index in [4.69, 9.17) is 0 Å². The van der Waals surface area contributed by atoms with Crippen LogP contribution in [0.2, 0.25) is 0 Å². The molecule has 2 saturated carbocycles. The minimum atomic E-state index is -4.34. The van der Waals surface area contributed by atoms with Crippen LogP contribution < -0.4 is 0 Å². The average molecular weight is 486 g/mol. The number of halogens is 6. The van der Waals surface area contributed by atoms with E-state index in [1.54, 1.807) is 12.1 Å². The van der Waals surface area contributed by atoms with Crippen LogP contribution in [0.1, 0.15) is 85.5 Å². The molecule has 0 aromatic heterocycles. The summed E-state index contributed by atoms with van der Waals surface area (Å²) in [5.74, 6) is -0.423. The Bertz CT molecular complexity index is 966. The lowest BCUT2D eigenvalue weighted by atomic mass is 9.81. The van der Waals surface area contributed by atoms with Crippen LogP contribution in [-0.4, -0.2) is 17.0 Å². The molecule has 0 bridgehead atoms. The molecule has 2 fully saturated rings. The Kier molecular flexibility index (Phi) is 8.44. The van der Waals surface area contributed by atoms with Gasteiger partial charge in [0, 0.05) is 18.3 Å². The van der Waals surface area contributed by atoms with Crippen LogP contribution in [0.5, 0.6) is 0 Å². The number of aliphatic hydroxyl groups is 1. The van der Waals surface area contributed by atoms with Crippen molar-refractivity contribution in [2.45, 2.75) is 81.7 Å². The number of benzene rings is 2. The van der Waals surface area contributed by atoms with Gasteiger partial charge in [-0.25, -0.2) is 0 Å². The van der Waals surface area contributed by atoms with Gasteiger partial charge in [-0.1, -0.05) is 55.7 Å². The predicted molar refractivity (Wildman–Crippen MR) is 116 cm³/mol. The Morgan fingerprint density at radius 3 is 1.79 bits per heavy atom. The van der Waals surface area contributed by atoms with Gasteiger partial charge in [-0.05, 0) is 48.9 Å². The number of rotatable bonds is 2. The summed E-state index contributed by atoms with van der Waals surface area (Å²) in [6.45, 7) is 0. The predicted octanol–water partition coefficient (Wildman–Crippen LogP) is 7.66. The molecule has 0 spiro atoms. The number of alkyl halides is 6. The van der Waals surface area contributed by atoms with Gasteiger partial charge in [0.15, 0.2) is 0 Å². The normalized spacial score (nSPS) is 23.7. The van der Waals surface area contributed by atoms with Gasteiger partial charge < -0.3 is 5.11 Å². The first kappa shape index (κ1) is 26.3. The highest BCUT2D eigenvalue weighted by molar-refractivity contribution is 5.86.